The Kier molecular flexibility index (Phi) is 6.39. The van der Waals surface area contributed by atoms with Crippen molar-refractivity contribution >= 4 is 11.3 Å². The Bertz CT molecular complexity index is 918. The highest BCUT2D eigenvalue weighted by molar-refractivity contribution is 7.13. The maximum absolute atomic E-state index is 12.9. The number of alkyl halides is 3. The summed E-state index contributed by atoms with van der Waals surface area (Å²) in [6.45, 7) is 2.18. The van der Waals surface area contributed by atoms with Crippen LogP contribution in [0.1, 0.15) is 43.9 Å². The van der Waals surface area contributed by atoms with Crippen molar-refractivity contribution in [2.75, 3.05) is 7.11 Å². The third-order valence-corrected chi connectivity index (χ3v) is 5.47. The maximum Gasteiger partial charge on any atom is 0.432 e. The van der Waals surface area contributed by atoms with Crippen LogP contribution in [-0.2, 0) is 12.6 Å². The standard InChI is InChI=1S/C20H22F3N3OS/c1-3-4-5-6-7-13-8-9-28-19(13)14-10-15(24-18(11-14)27-2)16-12-17(26-25-16)20(21,22)23/h8-12H,3-7H2,1-2H3,(H,25,26). The zero-order valence-electron chi connectivity index (χ0n) is 15.8. The lowest BCUT2D eigenvalue weighted by Gasteiger charge is -2.08. The van der Waals surface area contributed by atoms with Gasteiger partial charge in [0.05, 0.1) is 12.8 Å². The summed E-state index contributed by atoms with van der Waals surface area (Å²) in [6, 6.07) is 6.64. The number of aryl methyl sites for hydroxylation is 1. The number of nitrogens with one attached hydrogen (secondary N) is 1. The summed E-state index contributed by atoms with van der Waals surface area (Å²) < 4.78 is 43.9. The van der Waals surface area contributed by atoms with Gasteiger partial charge in [-0.3, -0.25) is 5.10 Å². The largest absolute Gasteiger partial charge is 0.481 e. The van der Waals surface area contributed by atoms with Crippen molar-refractivity contribution in [2.24, 2.45) is 0 Å². The first-order valence-electron chi connectivity index (χ1n) is 9.18. The summed E-state index contributed by atoms with van der Waals surface area (Å²) in [4.78, 5) is 5.36. The maximum atomic E-state index is 12.9. The normalized spacial score (nSPS) is 11.8. The number of nitrogens with zero attached hydrogens (tertiary/aromatic N) is 2. The molecule has 3 rings (SSSR count). The molecule has 0 aliphatic carbocycles. The van der Waals surface area contributed by atoms with Crippen molar-refractivity contribution in [3.05, 3.63) is 40.9 Å². The van der Waals surface area contributed by atoms with Gasteiger partial charge in [-0.1, -0.05) is 26.2 Å². The minimum absolute atomic E-state index is 0.133. The van der Waals surface area contributed by atoms with Crippen LogP contribution in [0.15, 0.2) is 29.6 Å². The highest BCUT2D eigenvalue weighted by Crippen LogP contribution is 2.36. The second-order valence-electron chi connectivity index (χ2n) is 6.53. The summed E-state index contributed by atoms with van der Waals surface area (Å²) in [7, 11) is 1.49. The van der Waals surface area contributed by atoms with Crippen LogP contribution in [0.5, 0.6) is 5.88 Å². The number of thiophene rings is 1. The SMILES string of the molecule is CCCCCCc1ccsc1-c1cc(OC)nc(-c2cc(C(F)(F)F)[nH]n2)c1. The van der Waals surface area contributed by atoms with Crippen LogP contribution in [0.4, 0.5) is 13.2 Å². The summed E-state index contributed by atoms with van der Waals surface area (Å²) in [6.07, 6.45) is 1.19. The molecule has 0 spiro atoms. The molecule has 0 radical (unpaired) electrons. The molecule has 0 fully saturated rings. The molecule has 3 heterocycles. The van der Waals surface area contributed by atoms with Gasteiger partial charge in [-0.15, -0.1) is 11.3 Å². The Balaban J connectivity index is 1.92. The van der Waals surface area contributed by atoms with E-state index in [1.165, 1.54) is 31.9 Å². The number of aromatic amines is 1. The van der Waals surface area contributed by atoms with E-state index in [2.05, 4.69) is 23.1 Å². The van der Waals surface area contributed by atoms with Gasteiger partial charge in [-0.2, -0.15) is 18.3 Å². The van der Waals surface area contributed by atoms with E-state index >= 15 is 0 Å². The number of ether oxygens (including phenoxy) is 1. The lowest BCUT2D eigenvalue weighted by Crippen LogP contribution is -2.04. The first kappa shape index (κ1) is 20.4. The number of rotatable bonds is 8. The average molecular weight is 409 g/mol. The fourth-order valence-electron chi connectivity index (χ4n) is 3.00. The van der Waals surface area contributed by atoms with Crippen LogP contribution in [-0.4, -0.2) is 22.3 Å². The number of unbranched alkanes of at least 4 members (excludes halogenated alkanes) is 3. The number of methoxy groups -OCH3 is 1. The summed E-state index contributed by atoms with van der Waals surface area (Å²) in [5, 5.41) is 7.85. The van der Waals surface area contributed by atoms with Gasteiger partial charge in [0.1, 0.15) is 11.4 Å². The Morgan fingerprint density at radius 3 is 2.61 bits per heavy atom. The van der Waals surface area contributed by atoms with E-state index in [0.717, 1.165) is 29.3 Å². The van der Waals surface area contributed by atoms with Crippen molar-refractivity contribution < 1.29 is 17.9 Å². The predicted molar refractivity (Wildman–Crippen MR) is 105 cm³/mol. The van der Waals surface area contributed by atoms with Crippen molar-refractivity contribution in [3.8, 4) is 27.7 Å². The molecule has 150 valence electrons. The van der Waals surface area contributed by atoms with Crippen molar-refractivity contribution in [3.63, 3.8) is 0 Å². The number of hydrogen-bond acceptors (Lipinski definition) is 4. The molecular formula is C20H22F3N3OS. The molecule has 0 bridgehead atoms. The van der Waals surface area contributed by atoms with Gasteiger partial charge in [0.25, 0.3) is 0 Å². The van der Waals surface area contributed by atoms with Crippen LogP contribution in [0, 0.1) is 0 Å². The zero-order chi connectivity index (χ0) is 20.1. The molecule has 0 saturated carbocycles. The van der Waals surface area contributed by atoms with Crippen molar-refractivity contribution in [1.82, 2.24) is 15.2 Å². The first-order chi connectivity index (χ1) is 13.4. The summed E-state index contributed by atoms with van der Waals surface area (Å²) in [5.41, 5.74) is 1.68. The molecule has 3 aromatic rings. The third-order valence-electron chi connectivity index (χ3n) is 4.47. The van der Waals surface area contributed by atoms with Crippen LogP contribution in [0.3, 0.4) is 0 Å². The lowest BCUT2D eigenvalue weighted by atomic mass is 10.0. The lowest BCUT2D eigenvalue weighted by molar-refractivity contribution is -0.141. The van der Waals surface area contributed by atoms with E-state index < -0.39 is 11.9 Å². The molecular weight excluding hydrogens is 387 g/mol. The van der Waals surface area contributed by atoms with Gasteiger partial charge in [-0.25, -0.2) is 4.98 Å². The minimum atomic E-state index is -4.48. The Labute approximate surface area is 165 Å². The molecule has 0 aliphatic heterocycles. The van der Waals surface area contributed by atoms with Crippen LogP contribution in [0.25, 0.3) is 21.8 Å². The fraction of sp³-hybridized carbons (Fsp3) is 0.400. The van der Waals surface area contributed by atoms with E-state index in [1.807, 2.05) is 16.5 Å². The monoisotopic (exact) mass is 409 g/mol. The molecule has 3 aromatic heterocycles. The van der Waals surface area contributed by atoms with Crippen LogP contribution >= 0.6 is 11.3 Å². The first-order valence-corrected chi connectivity index (χ1v) is 10.1. The highest BCUT2D eigenvalue weighted by Gasteiger charge is 2.33. The second-order valence-corrected chi connectivity index (χ2v) is 7.45. The van der Waals surface area contributed by atoms with E-state index in [-0.39, 0.29) is 5.69 Å². The minimum Gasteiger partial charge on any atom is -0.481 e. The Morgan fingerprint density at radius 1 is 1.11 bits per heavy atom. The van der Waals surface area contributed by atoms with E-state index in [0.29, 0.717) is 11.6 Å². The molecule has 28 heavy (non-hydrogen) atoms. The summed E-state index contributed by atoms with van der Waals surface area (Å²) in [5.74, 6) is 0.342. The van der Waals surface area contributed by atoms with Crippen LogP contribution < -0.4 is 4.74 Å². The van der Waals surface area contributed by atoms with Gasteiger partial charge in [0, 0.05) is 10.9 Å². The summed E-state index contributed by atoms with van der Waals surface area (Å²) >= 11 is 1.61. The molecule has 0 atom stereocenters. The third kappa shape index (κ3) is 4.73. The molecule has 8 heteroatoms. The fourth-order valence-corrected chi connectivity index (χ4v) is 3.94. The van der Waals surface area contributed by atoms with E-state index in [1.54, 1.807) is 17.4 Å². The number of H-pyrrole nitrogens is 1. The number of aromatic nitrogens is 3. The van der Waals surface area contributed by atoms with E-state index in [4.69, 9.17) is 4.74 Å². The molecule has 0 aliphatic rings. The quantitative estimate of drug-likeness (QED) is 0.441. The molecule has 1 N–H and O–H groups in total. The molecule has 0 saturated heterocycles. The van der Waals surface area contributed by atoms with Crippen molar-refractivity contribution in [2.45, 2.75) is 45.2 Å². The number of halogens is 3. The molecule has 0 unspecified atom stereocenters. The molecule has 0 amide bonds. The smallest absolute Gasteiger partial charge is 0.432 e. The van der Waals surface area contributed by atoms with Crippen LogP contribution in [0.2, 0.25) is 0 Å². The van der Waals surface area contributed by atoms with Gasteiger partial charge >= 0.3 is 6.18 Å². The van der Waals surface area contributed by atoms with Gasteiger partial charge < -0.3 is 4.74 Å². The average Bonchev–Trinajstić information content (AvgIpc) is 3.34. The number of hydrogen-bond donors (Lipinski definition) is 1. The Morgan fingerprint density at radius 2 is 1.93 bits per heavy atom. The topological polar surface area (TPSA) is 50.8 Å². The van der Waals surface area contributed by atoms with Gasteiger partial charge in [0.2, 0.25) is 5.88 Å². The van der Waals surface area contributed by atoms with Gasteiger partial charge in [-0.05, 0) is 47.5 Å². The Hall–Kier alpha value is -2.35. The van der Waals surface area contributed by atoms with Gasteiger partial charge in [0.15, 0.2) is 0 Å². The second kappa shape index (κ2) is 8.77. The van der Waals surface area contributed by atoms with Crippen molar-refractivity contribution in [1.29, 1.82) is 0 Å². The molecule has 0 aromatic carbocycles. The highest BCUT2D eigenvalue weighted by atomic mass is 32.1. The van der Waals surface area contributed by atoms with E-state index in [9.17, 15) is 13.2 Å². The predicted octanol–water partition coefficient (Wildman–Crippen LogP) is 6.35. The zero-order valence-corrected chi connectivity index (χ0v) is 16.6. The molecule has 4 nitrogen and oxygen atoms in total. The number of pyridine rings is 1.